The monoisotopic (exact) mass is 504 g/mol. The van der Waals surface area contributed by atoms with Crippen molar-refractivity contribution >= 4 is 38.6 Å². The molecule has 1 aliphatic heterocycles. The largest absolute Gasteiger partial charge is 0.354 e. The van der Waals surface area contributed by atoms with Gasteiger partial charge in [0.2, 0.25) is 10.0 Å². The van der Waals surface area contributed by atoms with Crippen LogP contribution in [0.4, 0.5) is 11.4 Å². The summed E-state index contributed by atoms with van der Waals surface area (Å²) in [5.74, 6) is -0.285. The third kappa shape index (κ3) is 5.21. The van der Waals surface area contributed by atoms with Crippen LogP contribution in [0.25, 0.3) is 11.3 Å². The van der Waals surface area contributed by atoms with Crippen molar-refractivity contribution in [2.24, 2.45) is 0 Å². The van der Waals surface area contributed by atoms with Crippen LogP contribution in [0.2, 0.25) is 0 Å². The maximum Gasteiger partial charge on any atom is 0.258 e. The topological polar surface area (TPSA) is 81.8 Å². The number of anilines is 2. The number of nitrogens with zero attached hydrogens (tertiary/aromatic N) is 2. The van der Waals surface area contributed by atoms with Gasteiger partial charge in [0.05, 0.1) is 16.2 Å². The Morgan fingerprint density at radius 3 is 2.22 bits per heavy atom. The van der Waals surface area contributed by atoms with Crippen molar-refractivity contribution in [3.63, 3.8) is 0 Å². The zero-order valence-corrected chi connectivity index (χ0v) is 22.1. The molecule has 8 heteroatoms. The molecular formula is C28H32N4O3S. The first-order valence-electron chi connectivity index (χ1n) is 11.8. The number of nitrogens with one attached hydrogen (secondary N) is 2. The lowest BCUT2D eigenvalue weighted by Gasteiger charge is -2.21. The third-order valence-electron chi connectivity index (χ3n) is 6.17. The molecule has 36 heavy (non-hydrogen) atoms. The van der Waals surface area contributed by atoms with E-state index in [-0.39, 0.29) is 16.8 Å². The molecule has 3 aromatic carbocycles. The molecule has 0 bridgehead atoms. The summed E-state index contributed by atoms with van der Waals surface area (Å²) in [6.07, 6.45) is 0. The second-order valence-corrected chi connectivity index (χ2v) is 11.4. The first-order chi connectivity index (χ1) is 17.1. The number of benzene rings is 3. The lowest BCUT2D eigenvalue weighted by molar-refractivity contribution is -0.110. The number of amides is 1. The van der Waals surface area contributed by atoms with Crippen LogP contribution >= 0.6 is 0 Å². The minimum absolute atomic E-state index is 0.145. The highest BCUT2D eigenvalue weighted by atomic mass is 32.2. The molecular weight excluding hydrogens is 472 g/mol. The highest BCUT2D eigenvalue weighted by Gasteiger charge is 2.31. The van der Waals surface area contributed by atoms with Crippen molar-refractivity contribution < 1.29 is 13.2 Å². The minimum atomic E-state index is -3.72. The molecule has 0 aliphatic carbocycles. The quantitative estimate of drug-likeness (QED) is 0.434. The molecule has 3 aromatic rings. The molecule has 0 saturated carbocycles. The van der Waals surface area contributed by atoms with Gasteiger partial charge in [0.1, 0.15) is 0 Å². The summed E-state index contributed by atoms with van der Waals surface area (Å²) in [6.45, 7) is 4.47. The fourth-order valence-corrected chi connectivity index (χ4v) is 5.48. The van der Waals surface area contributed by atoms with E-state index in [2.05, 4.69) is 15.5 Å². The number of hydrogen-bond acceptors (Lipinski definition) is 5. The van der Waals surface area contributed by atoms with E-state index in [0.717, 1.165) is 17.8 Å². The van der Waals surface area contributed by atoms with E-state index in [1.165, 1.54) is 15.9 Å². The predicted molar refractivity (Wildman–Crippen MR) is 146 cm³/mol. The normalized spacial score (nSPS) is 14.8. The summed E-state index contributed by atoms with van der Waals surface area (Å²) < 4.78 is 27.7. The van der Waals surface area contributed by atoms with Gasteiger partial charge in [-0.05, 0) is 69.4 Å². The number of rotatable bonds is 8. The van der Waals surface area contributed by atoms with Gasteiger partial charge < -0.3 is 15.5 Å². The van der Waals surface area contributed by atoms with Gasteiger partial charge >= 0.3 is 0 Å². The summed E-state index contributed by atoms with van der Waals surface area (Å²) in [5.41, 5.74) is 4.96. The van der Waals surface area contributed by atoms with Gasteiger partial charge in [0.15, 0.2) is 0 Å². The fraction of sp³-hybridized carbons (Fsp3) is 0.250. The maximum absolute atomic E-state index is 13.2. The molecule has 1 amide bonds. The average molecular weight is 505 g/mol. The van der Waals surface area contributed by atoms with Gasteiger partial charge in [-0.1, -0.05) is 42.5 Å². The Hall–Kier alpha value is -3.46. The fourth-order valence-electron chi connectivity index (χ4n) is 4.09. The molecule has 0 radical (unpaired) electrons. The molecule has 0 fully saturated rings. The van der Waals surface area contributed by atoms with E-state index in [0.29, 0.717) is 22.5 Å². The van der Waals surface area contributed by atoms with Crippen LogP contribution in [0.1, 0.15) is 30.5 Å². The van der Waals surface area contributed by atoms with Gasteiger partial charge in [-0.2, -0.15) is 4.31 Å². The second kappa shape index (κ2) is 10.3. The van der Waals surface area contributed by atoms with Crippen LogP contribution in [-0.4, -0.2) is 50.7 Å². The van der Waals surface area contributed by atoms with Crippen LogP contribution in [0, 0.1) is 0 Å². The summed E-state index contributed by atoms with van der Waals surface area (Å²) in [6, 6.07) is 22.2. The molecule has 2 N–H and O–H groups in total. The molecule has 1 aliphatic rings. The molecule has 1 heterocycles. The zero-order chi connectivity index (χ0) is 26.0. The molecule has 0 spiro atoms. The minimum Gasteiger partial charge on any atom is -0.354 e. The number of carbonyl (C=O) groups is 1. The summed E-state index contributed by atoms with van der Waals surface area (Å²) >= 11 is 0. The summed E-state index contributed by atoms with van der Waals surface area (Å²) in [5, 5.41) is 6.33. The summed E-state index contributed by atoms with van der Waals surface area (Å²) in [7, 11) is 1.89. The van der Waals surface area contributed by atoms with Crippen molar-refractivity contribution in [3.05, 3.63) is 89.5 Å². The Balaban J connectivity index is 1.84. The van der Waals surface area contributed by atoms with Gasteiger partial charge in [-0.25, -0.2) is 8.42 Å². The van der Waals surface area contributed by atoms with Crippen LogP contribution in [0.3, 0.4) is 0 Å². The molecule has 0 unspecified atom stereocenters. The van der Waals surface area contributed by atoms with E-state index in [1.54, 1.807) is 19.2 Å². The highest BCUT2D eigenvalue weighted by Crippen LogP contribution is 2.39. The first kappa shape index (κ1) is 25.6. The maximum atomic E-state index is 13.2. The predicted octanol–water partition coefficient (Wildman–Crippen LogP) is 4.71. The van der Waals surface area contributed by atoms with Gasteiger partial charge in [-0.15, -0.1) is 0 Å². The Labute approximate surface area is 213 Å². The molecule has 0 atom stereocenters. The number of fused-ring (bicyclic) bond motifs is 1. The van der Waals surface area contributed by atoms with Crippen LogP contribution < -0.4 is 10.6 Å². The Bertz CT molecular complexity index is 1400. The van der Waals surface area contributed by atoms with Gasteiger partial charge in [-0.3, -0.25) is 4.79 Å². The number of carbonyl (C=O) groups excluding carboxylic acids is 1. The van der Waals surface area contributed by atoms with Crippen LogP contribution in [0.15, 0.2) is 77.7 Å². The van der Waals surface area contributed by atoms with Gasteiger partial charge in [0, 0.05) is 36.6 Å². The van der Waals surface area contributed by atoms with E-state index in [1.807, 2.05) is 82.5 Å². The summed E-state index contributed by atoms with van der Waals surface area (Å²) in [4.78, 5) is 15.5. The van der Waals surface area contributed by atoms with E-state index < -0.39 is 10.0 Å². The Kier molecular flexibility index (Phi) is 7.31. The molecule has 4 rings (SSSR count). The van der Waals surface area contributed by atoms with Crippen molar-refractivity contribution in [2.75, 3.05) is 31.8 Å². The standard InChI is InChI=1S/C28H32N4O3S/c1-19(2)32(5)36(34,35)23-15-16-25-24(17-23)26(28(33)30-25)27(21-9-7-6-8-10-21)29-22-13-11-20(12-14-22)18-31(3)4/h6-17,19,29H,18H2,1-5H3,(H,30,33)/b27-26-. The third-order valence-corrected chi connectivity index (χ3v) is 8.20. The van der Waals surface area contributed by atoms with Crippen LogP contribution in [-0.2, 0) is 21.4 Å². The van der Waals surface area contributed by atoms with Crippen LogP contribution in [0.5, 0.6) is 0 Å². The number of sulfonamides is 1. The number of hydrogen-bond donors (Lipinski definition) is 2. The lowest BCUT2D eigenvalue weighted by atomic mass is 10.00. The van der Waals surface area contributed by atoms with Crippen molar-refractivity contribution in [1.82, 2.24) is 9.21 Å². The zero-order valence-electron chi connectivity index (χ0n) is 21.2. The Morgan fingerprint density at radius 2 is 1.61 bits per heavy atom. The van der Waals surface area contributed by atoms with Crippen molar-refractivity contribution in [3.8, 4) is 0 Å². The van der Waals surface area contributed by atoms with Crippen molar-refractivity contribution in [2.45, 2.75) is 31.3 Å². The molecule has 188 valence electrons. The highest BCUT2D eigenvalue weighted by molar-refractivity contribution is 7.89. The Morgan fingerprint density at radius 1 is 0.944 bits per heavy atom. The average Bonchev–Trinajstić information content (AvgIpc) is 3.18. The smallest absolute Gasteiger partial charge is 0.258 e. The van der Waals surface area contributed by atoms with Gasteiger partial charge in [0.25, 0.3) is 5.91 Å². The van der Waals surface area contributed by atoms with Crippen molar-refractivity contribution in [1.29, 1.82) is 0 Å². The molecule has 0 saturated heterocycles. The molecule has 7 nitrogen and oxygen atoms in total. The van der Waals surface area contributed by atoms with E-state index >= 15 is 0 Å². The SMILES string of the molecule is CC(C)N(C)S(=O)(=O)c1ccc2c(c1)/C(=C(/Nc1ccc(CN(C)C)cc1)c1ccccc1)C(=O)N2. The second-order valence-electron chi connectivity index (χ2n) is 9.45. The van der Waals surface area contributed by atoms with E-state index in [9.17, 15) is 13.2 Å². The molecule has 0 aromatic heterocycles. The first-order valence-corrected chi connectivity index (χ1v) is 13.3. The lowest BCUT2D eigenvalue weighted by Crippen LogP contribution is -2.33. The van der Waals surface area contributed by atoms with E-state index in [4.69, 9.17) is 0 Å².